The highest BCUT2D eigenvalue weighted by Gasteiger charge is 2.62. The van der Waals surface area contributed by atoms with Gasteiger partial charge in [0, 0.05) is 0 Å². The highest BCUT2D eigenvalue weighted by molar-refractivity contribution is 5.10. The molecule has 0 N–H and O–H groups in total. The Morgan fingerprint density at radius 1 is 1.18 bits per heavy atom. The quantitative estimate of drug-likeness (QED) is 0.568. The largest absolute Gasteiger partial charge is 0.0649 e. The van der Waals surface area contributed by atoms with Crippen LogP contribution in [0.15, 0.2) is 0 Å². The molecule has 0 aromatic carbocycles. The summed E-state index contributed by atoms with van der Waals surface area (Å²) in [6, 6.07) is 0. The molecule has 2 atom stereocenters. The zero-order valence-electron chi connectivity index (χ0n) is 8.86. The van der Waals surface area contributed by atoms with Crippen molar-refractivity contribution in [1.29, 1.82) is 0 Å². The van der Waals surface area contributed by atoms with Crippen molar-refractivity contribution >= 4 is 0 Å². The molecular formula is C11H22. The standard InChI is InChI=1S/C11H22/c1-7-10(4,5)11(6)8(2)9(11)3/h8-9H,7H2,1-6H3. The lowest BCUT2D eigenvalue weighted by atomic mass is 9.73. The summed E-state index contributed by atoms with van der Waals surface area (Å²) in [6.07, 6.45) is 1.30. The zero-order valence-corrected chi connectivity index (χ0v) is 8.86. The van der Waals surface area contributed by atoms with Crippen LogP contribution in [0.5, 0.6) is 0 Å². The topological polar surface area (TPSA) is 0 Å². The van der Waals surface area contributed by atoms with E-state index in [0.717, 1.165) is 11.8 Å². The van der Waals surface area contributed by atoms with Gasteiger partial charge in [-0.25, -0.2) is 0 Å². The first-order valence-corrected chi connectivity index (χ1v) is 4.88. The highest BCUT2D eigenvalue weighted by Crippen LogP contribution is 2.68. The Labute approximate surface area is 71.4 Å². The van der Waals surface area contributed by atoms with E-state index in [0.29, 0.717) is 10.8 Å². The molecule has 0 spiro atoms. The lowest BCUT2D eigenvalue weighted by Crippen LogP contribution is -2.24. The minimum absolute atomic E-state index is 0.534. The first-order valence-electron chi connectivity index (χ1n) is 4.88. The Hall–Kier alpha value is 0. The van der Waals surface area contributed by atoms with Crippen LogP contribution in [0.4, 0.5) is 0 Å². The van der Waals surface area contributed by atoms with E-state index in [-0.39, 0.29) is 0 Å². The first kappa shape index (κ1) is 9.09. The lowest BCUT2D eigenvalue weighted by molar-refractivity contribution is 0.169. The van der Waals surface area contributed by atoms with Gasteiger partial charge in [-0.3, -0.25) is 0 Å². The summed E-state index contributed by atoms with van der Waals surface area (Å²) in [4.78, 5) is 0. The van der Waals surface area contributed by atoms with Crippen LogP contribution in [0, 0.1) is 22.7 Å². The average Bonchev–Trinajstić information content (AvgIpc) is 2.43. The highest BCUT2D eigenvalue weighted by atomic mass is 14.7. The van der Waals surface area contributed by atoms with Gasteiger partial charge in [-0.2, -0.15) is 0 Å². The summed E-state index contributed by atoms with van der Waals surface area (Å²) in [5.41, 5.74) is 1.15. The smallest absolute Gasteiger partial charge is 0.0218 e. The Balaban J connectivity index is 2.76. The second-order valence-electron chi connectivity index (χ2n) is 5.10. The Bertz CT molecular complexity index is 147. The predicted octanol–water partition coefficient (Wildman–Crippen LogP) is 3.71. The molecule has 0 amide bonds. The van der Waals surface area contributed by atoms with Gasteiger partial charge < -0.3 is 0 Å². The van der Waals surface area contributed by atoms with Crippen molar-refractivity contribution < 1.29 is 0 Å². The summed E-state index contributed by atoms with van der Waals surface area (Å²) in [5, 5.41) is 0. The van der Waals surface area contributed by atoms with E-state index in [9.17, 15) is 0 Å². The molecule has 1 saturated carbocycles. The van der Waals surface area contributed by atoms with E-state index >= 15 is 0 Å². The van der Waals surface area contributed by atoms with Crippen LogP contribution in [-0.4, -0.2) is 0 Å². The van der Waals surface area contributed by atoms with Gasteiger partial charge in [-0.15, -0.1) is 0 Å². The van der Waals surface area contributed by atoms with Crippen molar-refractivity contribution in [2.24, 2.45) is 22.7 Å². The fourth-order valence-electron chi connectivity index (χ4n) is 2.60. The molecule has 0 saturated heterocycles. The maximum atomic E-state index is 2.45. The van der Waals surface area contributed by atoms with Crippen molar-refractivity contribution in [1.82, 2.24) is 0 Å². The third-order valence-corrected chi connectivity index (χ3v) is 4.87. The third-order valence-electron chi connectivity index (χ3n) is 4.87. The van der Waals surface area contributed by atoms with Crippen molar-refractivity contribution in [3.8, 4) is 0 Å². The normalized spacial score (nSPS) is 44.2. The van der Waals surface area contributed by atoms with Crippen LogP contribution in [0.1, 0.15) is 48.0 Å². The van der Waals surface area contributed by atoms with Gasteiger partial charge in [0.05, 0.1) is 0 Å². The second kappa shape index (κ2) is 2.24. The zero-order chi connectivity index (χ0) is 8.86. The molecular weight excluding hydrogens is 132 g/mol. The molecule has 11 heavy (non-hydrogen) atoms. The van der Waals surface area contributed by atoms with Crippen LogP contribution >= 0.6 is 0 Å². The van der Waals surface area contributed by atoms with Crippen molar-refractivity contribution in [3.05, 3.63) is 0 Å². The molecule has 0 heterocycles. The molecule has 0 nitrogen and oxygen atoms in total. The molecule has 0 radical (unpaired) electrons. The van der Waals surface area contributed by atoms with E-state index in [2.05, 4.69) is 41.5 Å². The molecule has 0 bridgehead atoms. The van der Waals surface area contributed by atoms with Crippen LogP contribution in [-0.2, 0) is 0 Å². The second-order valence-corrected chi connectivity index (χ2v) is 5.10. The van der Waals surface area contributed by atoms with Gasteiger partial charge in [-0.05, 0) is 22.7 Å². The maximum Gasteiger partial charge on any atom is -0.0218 e. The Morgan fingerprint density at radius 2 is 1.55 bits per heavy atom. The van der Waals surface area contributed by atoms with Gasteiger partial charge in [-0.1, -0.05) is 48.0 Å². The fourth-order valence-corrected chi connectivity index (χ4v) is 2.60. The predicted molar refractivity (Wildman–Crippen MR) is 50.5 cm³/mol. The molecule has 0 aromatic heterocycles. The van der Waals surface area contributed by atoms with Gasteiger partial charge in [0.1, 0.15) is 0 Å². The van der Waals surface area contributed by atoms with Crippen molar-refractivity contribution in [2.45, 2.75) is 48.0 Å². The van der Waals surface area contributed by atoms with E-state index in [4.69, 9.17) is 0 Å². The van der Waals surface area contributed by atoms with E-state index in [1.54, 1.807) is 0 Å². The monoisotopic (exact) mass is 154 g/mol. The average molecular weight is 154 g/mol. The third kappa shape index (κ3) is 0.947. The number of rotatable bonds is 2. The Morgan fingerprint density at radius 3 is 1.64 bits per heavy atom. The number of hydrogen-bond donors (Lipinski definition) is 0. The molecule has 1 aliphatic rings. The first-order chi connectivity index (χ1) is 4.88. The van der Waals surface area contributed by atoms with Crippen LogP contribution in [0.3, 0.4) is 0 Å². The molecule has 0 aliphatic heterocycles. The molecule has 1 fully saturated rings. The SMILES string of the molecule is CCC(C)(C)C1(C)C(C)C1C. The van der Waals surface area contributed by atoms with Crippen molar-refractivity contribution in [3.63, 3.8) is 0 Å². The van der Waals surface area contributed by atoms with Gasteiger partial charge in [0.25, 0.3) is 0 Å². The summed E-state index contributed by atoms with van der Waals surface area (Å²) in [6.45, 7) is 14.4. The molecule has 1 rings (SSSR count). The molecule has 2 unspecified atom stereocenters. The van der Waals surface area contributed by atoms with Gasteiger partial charge in [0.2, 0.25) is 0 Å². The van der Waals surface area contributed by atoms with Crippen LogP contribution in [0.25, 0.3) is 0 Å². The molecule has 66 valence electrons. The molecule has 1 aliphatic carbocycles. The fraction of sp³-hybridized carbons (Fsp3) is 1.00. The lowest BCUT2D eigenvalue weighted by Gasteiger charge is -2.32. The molecule has 0 aromatic rings. The van der Waals surface area contributed by atoms with Gasteiger partial charge in [0.15, 0.2) is 0 Å². The van der Waals surface area contributed by atoms with E-state index in [1.807, 2.05) is 0 Å². The van der Waals surface area contributed by atoms with Crippen LogP contribution in [0.2, 0.25) is 0 Å². The summed E-state index contributed by atoms with van der Waals surface area (Å²) in [7, 11) is 0. The number of hydrogen-bond acceptors (Lipinski definition) is 0. The van der Waals surface area contributed by atoms with Crippen molar-refractivity contribution in [2.75, 3.05) is 0 Å². The van der Waals surface area contributed by atoms with Gasteiger partial charge >= 0.3 is 0 Å². The van der Waals surface area contributed by atoms with Crippen LogP contribution < -0.4 is 0 Å². The Kier molecular flexibility index (Phi) is 1.85. The summed E-state index contributed by atoms with van der Waals surface area (Å²) < 4.78 is 0. The van der Waals surface area contributed by atoms with E-state index < -0.39 is 0 Å². The molecule has 0 heteroatoms. The minimum atomic E-state index is 0.534. The van der Waals surface area contributed by atoms with E-state index in [1.165, 1.54) is 6.42 Å². The summed E-state index contributed by atoms with van der Waals surface area (Å²) in [5.74, 6) is 1.86. The maximum absolute atomic E-state index is 2.45. The summed E-state index contributed by atoms with van der Waals surface area (Å²) >= 11 is 0. The minimum Gasteiger partial charge on any atom is -0.0649 e.